The Morgan fingerprint density at radius 3 is 2.19 bits per heavy atom. The molecule has 13 heteroatoms. The highest BCUT2D eigenvalue weighted by molar-refractivity contribution is 6.40. The van der Waals surface area contributed by atoms with Gasteiger partial charge in [0.25, 0.3) is 0 Å². The fraction of sp³-hybridized carbons (Fsp3) is 0.457. The lowest BCUT2D eigenvalue weighted by Gasteiger charge is -2.34. The molecule has 0 aliphatic carbocycles. The van der Waals surface area contributed by atoms with Crippen molar-refractivity contribution in [2.45, 2.75) is 59.7 Å². The average Bonchev–Trinajstić information content (AvgIpc) is 3.06. The zero-order valence-corrected chi connectivity index (χ0v) is 30.0. The number of halogens is 5. The van der Waals surface area contributed by atoms with E-state index in [2.05, 4.69) is 46.0 Å². The fourth-order valence-electron chi connectivity index (χ4n) is 5.15. The molecule has 0 saturated carbocycles. The van der Waals surface area contributed by atoms with Gasteiger partial charge < -0.3 is 24.5 Å². The van der Waals surface area contributed by atoms with Gasteiger partial charge in [-0.2, -0.15) is 13.2 Å². The number of nitrogens with one attached hydrogen (secondary N) is 2. The van der Waals surface area contributed by atoms with Gasteiger partial charge in [0.2, 0.25) is 0 Å². The van der Waals surface area contributed by atoms with Gasteiger partial charge in [-0.1, -0.05) is 56.1 Å². The number of likely N-dealkylation sites (N-methyl/N-ethyl adjacent to an activating group) is 1. The Morgan fingerprint density at radius 1 is 1.02 bits per heavy atom. The summed E-state index contributed by atoms with van der Waals surface area (Å²) >= 11 is 13.1. The number of hydrogen-bond acceptors (Lipinski definition) is 8. The number of ether oxygens (including phenoxy) is 2. The Balaban J connectivity index is 1.92. The maximum atomic E-state index is 14.3. The van der Waals surface area contributed by atoms with Crippen molar-refractivity contribution in [2.75, 3.05) is 57.7 Å². The Kier molecular flexibility index (Phi) is 15.0. The molecule has 3 rings (SSSR count). The molecule has 8 nitrogen and oxygen atoms in total. The van der Waals surface area contributed by atoms with Crippen LogP contribution in [0.5, 0.6) is 11.5 Å². The van der Waals surface area contributed by atoms with Crippen LogP contribution in [0.1, 0.15) is 58.1 Å². The number of piperazine rings is 1. The molecule has 264 valence electrons. The van der Waals surface area contributed by atoms with Gasteiger partial charge in [-0.05, 0) is 57.0 Å². The molecule has 48 heavy (non-hydrogen) atoms. The summed E-state index contributed by atoms with van der Waals surface area (Å²) in [6.45, 7) is 16.1. The average molecular weight is 713 g/mol. The summed E-state index contributed by atoms with van der Waals surface area (Å²) in [7, 11) is 2.93. The standard InChI is InChI=1S/C35H46Cl2F3N5O3/c1-8-11-12-13-28(48-43-34-31(36)29(46-6)21-30(47-7)32(34)37)33(41-9-2)23(4)24(5)42-26-15-14-25(27(20-26)35(38,39)40)22-45-18-16-44(10-3)17-19-45/h9,13-15,20-21,42-43H,5,8,10-12,16-19,22H2,1-4,6-7H3/b28-13+,33-23-,41-9?. The van der Waals surface area contributed by atoms with Crippen LogP contribution in [0.2, 0.25) is 10.0 Å². The van der Waals surface area contributed by atoms with Gasteiger partial charge in [-0.15, -0.1) is 0 Å². The van der Waals surface area contributed by atoms with Crippen molar-refractivity contribution in [1.29, 1.82) is 0 Å². The number of alkyl halides is 3. The van der Waals surface area contributed by atoms with Gasteiger partial charge in [-0.25, -0.2) is 5.48 Å². The third kappa shape index (κ3) is 10.3. The number of aliphatic imine (C=N–C) groups is 1. The lowest BCUT2D eigenvalue weighted by Crippen LogP contribution is -2.45. The molecule has 1 aliphatic rings. The molecule has 0 radical (unpaired) electrons. The van der Waals surface area contributed by atoms with Crippen LogP contribution in [-0.2, 0) is 17.6 Å². The second kappa shape index (κ2) is 18.4. The molecular weight excluding hydrogens is 666 g/mol. The number of unbranched alkanes of at least 4 members (excludes halogenated alkanes) is 2. The molecule has 0 spiro atoms. The number of methoxy groups -OCH3 is 2. The van der Waals surface area contributed by atoms with Crippen molar-refractivity contribution in [2.24, 2.45) is 4.99 Å². The maximum absolute atomic E-state index is 14.3. The predicted molar refractivity (Wildman–Crippen MR) is 190 cm³/mol. The minimum absolute atomic E-state index is 0.177. The molecule has 1 aliphatic heterocycles. The van der Waals surface area contributed by atoms with Crippen LogP contribution in [0.4, 0.5) is 24.5 Å². The van der Waals surface area contributed by atoms with Gasteiger partial charge >= 0.3 is 6.18 Å². The first-order chi connectivity index (χ1) is 22.9. The highest BCUT2D eigenvalue weighted by atomic mass is 35.5. The van der Waals surface area contributed by atoms with Gasteiger partial charge in [-0.3, -0.25) is 9.89 Å². The lowest BCUT2D eigenvalue weighted by atomic mass is 10.0. The van der Waals surface area contributed by atoms with Crippen LogP contribution in [0, 0.1) is 0 Å². The molecule has 2 aromatic carbocycles. The second-order valence-electron chi connectivity index (χ2n) is 11.2. The first-order valence-corrected chi connectivity index (χ1v) is 16.7. The Morgan fingerprint density at radius 2 is 1.65 bits per heavy atom. The minimum atomic E-state index is -4.53. The van der Waals surface area contributed by atoms with Crippen LogP contribution in [0.15, 0.2) is 64.6 Å². The van der Waals surface area contributed by atoms with Crippen molar-refractivity contribution in [3.05, 3.63) is 80.8 Å². The number of hydrogen-bond donors (Lipinski definition) is 2. The molecule has 0 aromatic heterocycles. The highest BCUT2D eigenvalue weighted by Gasteiger charge is 2.34. The number of rotatable bonds is 16. The van der Waals surface area contributed by atoms with Crippen LogP contribution in [0.25, 0.3) is 0 Å². The second-order valence-corrected chi connectivity index (χ2v) is 12.0. The third-order valence-electron chi connectivity index (χ3n) is 8.04. The molecule has 1 saturated heterocycles. The van der Waals surface area contributed by atoms with E-state index in [0.29, 0.717) is 40.6 Å². The largest absolute Gasteiger partial charge is 0.495 e. The van der Waals surface area contributed by atoms with Gasteiger partial charge in [0, 0.05) is 62.0 Å². The Bertz CT molecular complexity index is 1480. The summed E-state index contributed by atoms with van der Waals surface area (Å²) in [6.07, 6.45) is 1.42. The van der Waals surface area contributed by atoms with Gasteiger partial charge in [0.05, 0.1) is 19.8 Å². The van der Waals surface area contributed by atoms with Gasteiger partial charge in [0.15, 0.2) is 5.76 Å². The minimum Gasteiger partial charge on any atom is -0.495 e. The summed E-state index contributed by atoms with van der Waals surface area (Å²) in [5, 5.41) is 3.41. The Hall–Kier alpha value is -3.38. The summed E-state index contributed by atoms with van der Waals surface area (Å²) in [6, 6.07) is 5.87. The van der Waals surface area contributed by atoms with Gasteiger partial charge in [0.1, 0.15) is 32.9 Å². The molecule has 2 aromatic rings. The van der Waals surface area contributed by atoms with E-state index in [4.69, 9.17) is 37.5 Å². The summed E-state index contributed by atoms with van der Waals surface area (Å²) in [5.41, 5.74) is 4.15. The lowest BCUT2D eigenvalue weighted by molar-refractivity contribution is -0.138. The number of benzene rings is 2. The zero-order chi connectivity index (χ0) is 35.4. The van der Waals surface area contributed by atoms with Crippen LogP contribution >= 0.6 is 23.2 Å². The molecule has 0 bridgehead atoms. The summed E-state index contributed by atoms with van der Waals surface area (Å²) in [4.78, 5) is 15.0. The van der Waals surface area contributed by atoms with Crippen molar-refractivity contribution in [3.63, 3.8) is 0 Å². The van der Waals surface area contributed by atoms with Crippen LogP contribution in [0.3, 0.4) is 0 Å². The third-order valence-corrected chi connectivity index (χ3v) is 8.79. The molecular formula is C35H46Cl2F3N5O3. The quantitative estimate of drug-likeness (QED) is 0.0591. The fourth-order valence-corrected chi connectivity index (χ4v) is 5.73. The van der Waals surface area contributed by atoms with Crippen LogP contribution in [-0.4, -0.2) is 63.0 Å². The summed E-state index contributed by atoms with van der Waals surface area (Å²) < 4.78 is 53.6. The monoisotopic (exact) mass is 711 g/mol. The topological polar surface area (TPSA) is 70.6 Å². The number of nitrogens with zero attached hydrogens (tertiary/aromatic N) is 3. The molecule has 0 atom stereocenters. The smallest absolute Gasteiger partial charge is 0.416 e. The molecule has 2 N–H and O–H groups in total. The molecule has 0 amide bonds. The van der Waals surface area contributed by atoms with E-state index in [-0.39, 0.29) is 33.5 Å². The van der Waals surface area contributed by atoms with E-state index >= 15 is 0 Å². The maximum Gasteiger partial charge on any atom is 0.416 e. The highest BCUT2D eigenvalue weighted by Crippen LogP contribution is 2.44. The van der Waals surface area contributed by atoms with E-state index in [1.165, 1.54) is 20.3 Å². The van der Waals surface area contributed by atoms with Crippen molar-refractivity contribution in [1.82, 2.24) is 9.80 Å². The number of allylic oxidation sites excluding steroid dienone is 2. The van der Waals surface area contributed by atoms with E-state index < -0.39 is 11.7 Å². The van der Waals surface area contributed by atoms with Crippen molar-refractivity contribution < 1.29 is 27.5 Å². The summed E-state index contributed by atoms with van der Waals surface area (Å²) in [5.74, 6) is 0.977. The van der Waals surface area contributed by atoms with E-state index in [1.807, 2.05) is 6.08 Å². The SMILES string of the molecule is C=C(Nc1ccc(CN2CCN(CC)CC2)c(C(F)(F)F)c1)/C(C)=C(N=CC)/C(=C\CCCC)ONc1c(Cl)c(OC)cc(OC)c1Cl. The first-order valence-electron chi connectivity index (χ1n) is 15.9. The number of anilines is 2. The predicted octanol–water partition coefficient (Wildman–Crippen LogP) is 9.57. The normalized spacial score (nSPS) is 15.4. The molecule has 1 heterocycles. The van der Waals surface area contributed by atoms with E-state index in [1.54, 1.807) is 32.2 Å². The van der Waals surface area contributed by atoms with E-state index in [0.717, 1.165) is 51.6 Å². The van der Waals surface area contributed by atoms with Crippen LogP contribution < -0.4 is 20.3 Å². The Labute approximate surface area is 292 Å². The van der Waals surface area contributed by atoms with Crippen molar-refractivity contribution in [3.8, 4) is 11.5 Å². The zero-order valence-electron chi connectivity index (χ0n) is 28.5. The van der Waals surface area contributed by atoms with Crippen molar-refractivity contribution >= 4 is 40.8 Å². The first kappa shape index (κ1) is 39.1. The molecule has 1 fully saturated rings. The van der Waals surface area contributed by atoms with E-state index in [9.17, 15) is 13.2 Å². The molecule has 0 unspecified atom stereocenters.